The Kier molecular flexibility index (Phi) is 3.65. The van der Waals surface area contributed by atoms with Gasteiger partial charge in [0.1, 0.15) is 11.6 Å². The van der Waals surface area contributed by atoms with Gasteiger partial charge in [0.05, 0.1) is 21.6 Å². The minimum atomic E-state index is -0.829. The molecule has 25 heavy (non-hydrogen) atoms. The van der Waals surface area contributed by atoms with Gasteiger partial charge in [0, 0.05) is 35.4 Å². The van der Waals surface area contributed by atoms with Crippen molar-refractivity contribution in [1.29, 1.82) is 0 Å². The number of nitrogens with zero attached hydrogens (tertiary/aromatic N) is 1. The topological polar surface area (TPSA) is 69.8 Å². The van der Waals surface area contributed by atoms with Gasteiger partial charge >= 0.3 is 0 Å². The maximum Gasteiger partial charge on any atom is 0.258 e. The number of hydrogen-bond acceptors (Lipinski definition) is 4. The minimum Gasteiger partial charge on any atom is -0.387 e. The largest absolute Gasteiger partial charge is 0.387 e. The van der Waals surface area contributed by atoms with Gasteiger partial charge in [-0.3, -0.25) is 4.79 Å². The fourth-order valence-electron chi connectivity index (χ4n) is 2.82. The van der Waals surface area contributed by atoms with Crippen LogP contribution >= 0.6 is 11.6 Å². The van der Waals surface area contributed by atoms with Crippen molar-refractivity contribution < 1.29 is 8.78 Å². The molecule has 0 saturated carbocycles. The zero-order valence-corrected chi connectivity index (χ0v) is 13.4. The van der Waals surface area contributed by atoms with Crippen LogP contribution in [0.4, 0.5) is 20.3 Å². The van der Waals surface area contributed by atoms with Crippen LogP contribution in [0.2, 0.25) is 5.02 Å². The smallest absolute Gasteiger partial charge is 0.258 e. The zero-order chi connectivity index (χ0) is 17.6. The Bertz CT molecular complexity index is 1170. The van der Waals surface area contributed by atoms with Crippen LogP contribution in [0.15, 0.2) is 29.2 Å². The normalized spacial score (nSPS) is 12.8. The van der Waals surface area contributed by atoms with Gasteiger partial charge in [0.25, 0.3) is 5.56 Å². The number of hydrogen-bond donors (Lipinski definition) is 3. The number of H-pyrrole nitrogens is 1. The molecule has 0 atom stereocenters. The van der Waals surface area contributed by atoms with E-state index in [4.69, 9.17) is 11.6 Å². The van der Waals surface area contributed by atoms with Crippen LogP contribution in [0.3, 0.4) is 0 Å². The molecule has 5 nitrogen and oxygen atoms in total. The molecular weight excluding hydrogens is 350 g/mol. The fourth-order valence-corrected chi connectivity index (χ4v) is 3.06. The van der Waals surface area contributed by atoms with Gasteiger partial charge < -0.3 is 15.6 Å². The summed E-state index contributed by atoms with van der Waals surface area (Å²) >= 11 is 5.96. The lowest BCUT2D eigenvalue weighted by Crippen LogP contribution is -2.38. The number of aromatic amines is 1. The van der Waals surface area contributed by atoms with Gasteiger partial charge in [-0.1, -0.05) is 17.7 Å². The van der Waals surface area contributed by atoms with Crippen LogP contribution in [0.5, 0.6) is 0 Å². The van der Waals surface area contributed by atoms with Crippen LogP contribution in [-0.4, -0.2) is 16.5 Å². The molecule has 1 aromatic carbocycles. The number of rotatable bonds is 2. The predicted octanol–water partition coefficient (Wildman–Crippen LogP) is 1.72. The fraction of sp³-hybridized carbons (Fsp3) is 0.0588. The molecule has 0 fully saturated rings. The van der Waals surface area contributed by atoms with E-state index in [9.17, 15) is 13.6 Å². The Balaban J connectivity index is 2.00. The molecule has 126 valence electrons. The number of pyridine rings is 2. The van der Waals surface area contributed by atoms with Crippen LogP contribution in [0, 0.1) is 11.6 Å². The Morgan fingerprint density at radius 3 is 2.88 bits per heavy atom. The number of aromatic nitrogens is 2. The van der Waals surface area contributed by atoms with E-state index < -0.39 is 11.6 Å². The average molecular weight is 361 g/mol. The van der Waals surface area contributed by atoms with Crippen molar-refractivity contribution in [3.63, 3.8) is 0 Å². The van der Waals surface area contributed by atoms with Crippen molar-refractivity contribution in [2.45, 2.75) is 0 Å². The van der Waals surface area contributed by atoms with E-state index in [0.717, 1.165) is 12.1 Å². The summed E-state index contributed by atoms with van der Waals surface area (Å²) in [6, 6.07) is 3.40. The van der Waals surface area contributed by atoms with E-state index >= 15 is 0 Å². The second-order valence-electron chi connectivity index (χ2n) is 5.48. The van der Waals surface area contributed by atoms with Crippen molar-refractivity contribution in [2.24, 2.45) is 0 Å². The Labute approximate surface area is 144 Å². The monoisotopic (exact) mass is 360 g/mol. The van der Waals surface area contributed by atoms with E-state index in [1.54, 1.807) is 12.3 Å². The molecule has 0 bridgehead atoms. The van der Waals surface area contributed by atoms with E-state index in [-0.39, 0.29) is 16.3 Å². The standard InChI is InChI=1S/C17H11ClF2N4O/c18-11-5-8(19)6-12(20)15(11)24-16-9-1-3-21-7-10(9)14-13(23-16)2-4-22-17(14)25/h1-2,4-7,21H,3H2,(H,22,25)(H,23,24). The van der Waals surface area contributed by atoms with E-state index in [2.05, 4.69) is 20.6 Å². The number of nitrogens with one attached hydrogen (secondary N) is 3. The molecule has 0 radical (unpaired) electrons. The second-order valence-corrected chi connectivity index (χ2v) is 5.89. The van der Waals surface area contributed by atoms with Gasteiger partial charge in [0.15, 0.2) is 5.82 Å². The first-order chi connectivity index (χ1) is 12.0. The predicted molar refractivity (Wildman–Crippen MR) is 93.2 cm³/mol. The summed E-state index contributed by atoms with van der Waals surface area (Å²) in [6.45, 7) is 0.527. The quantitative estimate of drug-likeness (QED) is 0.651. The van der Waals surface area contributed by atoms with Crippen molar-refractivity contribution in [2.75, 3.05) is 11.9 Å². The molecule has 2 aromatic heterocycles. The van der Waals surface area contributed by atoms with Gasteiger partial charge in [-0.2, -0.15) is 0 Å². The van der Waals surface area contributed by atoms with Gasteiger partial charge in [-0.05, 0) is 12.1 Å². The maximum atomic E-state index is 14.1. The molecule has 3 heterocycles. The molecule has 1 aliphatic heterocycles. The highest BCUT2D eigenvalue weighted by Crippen LogP contribution is 2.28. The molecule has 0 spiro atoms. The second kappa shape index (κ2) is 5.86. The van der Waals surface area contributed by atoms with Crippen molar-refractivity contribution in [1.82, 2.24) is 15.3 Å². The lowest BCUT2D eigenvalue weighted by Gasteiger charge is -2.13. The molecule has 0 amide bonds. The number of benzene rings is 1. The number of fused-ring (bicyclic) bond motifs is 3. The van der Waals surface area contributed by atoms with Crippen LogP contribution < -0.4 is 26.6 Å². The molecule has 0 unspecified atom stereocenters. The molecule has 0 aliphatic carbocycles. The molecule has 3 N–H and O–H groups in total. The minimum absolute atomic E-state index is 0.0751. The van der Waals surface area contributed by atoms with E-state index in [1.807, 2.05) is 6.08 Å². The summed E-state index contributed by atoms with van der Waals surface area (Å²) in [5.74, 6) is -1.26. The summed E-state index contributed by atoms with van der Waals surface area (Å²) in [5, 5.41) is 7.48. The van der Waals surface area contributed by atoms with Crippen LogP contribution in [-0.2, 0) is 0 Å². The third kappa shape index (κ3) is 2.62. The zero-order valence-electron chi connectivity index (χ0n) is 12.7. The Morgan fingerprint density at radius 2 is 2.08 bits per heavy atom. The molecule has 0 saturated heterocycles. The first kappa shape index (κ1) is 15.6. The van der Waals surface area contributed by atoms with E-state index in [0.29, 0.717) is 33.7 Å². The first-order valence-electron chi connectivity index (χ1n) is 7.41. The average Bonchev–Trinajstić information content (AvgIpc) is 2.58. The highest BCUT2D eigenvalue weighted by molar-refractivity contribution is 6.33. The van der Waals surface area contributed by atoms with Crippen molar-refractivity contribution >= 4 is 46.3 Å². The first-order valence-corrected chi connectivity index (χ1v) is 7.79. The maximum absolute atomic E-state index is 14.1. The summed E-state index contributed by atoms with van der Waals surface area (Å²) in [7, 11) is 0. The van der Waals surface area contributed by atoms with Crippen LogP contribution in [0.1, 0.15) is 0 Å². The van der Waals surface area contributed by atoms with Crippen LogP contribution in [0.25, 0.3) is 23.2 Å². The third-order valence-corrected chi connectivity index (χ3v) is 4.20. The Hall–Kier alpha value is -2.93. The van der Waals surface area contributed by atoms with Gasteiger partial charge in [-0.25, -0.2) is 13.8 Å². The highest BCUT2D eigenvalue weighted by Gasteiger charge is 2.14. The van der Waals surface area contributed by atoms with Crippen molar-refractivity contribution in [3.8, 4) is 0 Å². The van der Waals surface area contributed by atoms with E-state index in [1.165, 1.54) is 6.20 Å². The summed E-state index contributed by atoms with van der Waals surface area (Å²) in [4.78, 5) is 19.2. The SMILES string of the molecule is O=c1[nH]ccc2nc(Nc3c(F)cc(F)cc3Cl)c3c(c12)=CNCC=3. The summed E-state index contributed by atoms with van der Waals surface area (Å²) < 4.78 is 27.4. The van der Waals surface area contributed by atoms with Crippen molar-refractivity contribution in [3.05, 3.63) is 61.8 Å². The Morgan fingerprint density at radius 1 is 1.24 bits per heavy atom. The molecular formula is C17H11ClF2N4O. The van der Waals surface area contributed by atoms with Gasteiger partial charge in [-0.15, -0.1) is 0 Å². The van der Waals surface area contributed by atoms with Gasteiger partial charge in [0.2, 0.25) is 0 Å². The molecule has 8 heteroatoms. The molecule has 4 rings (SSSR count). The number of anilines is 2. The number of halogens is 3. The third-order valence-electron chi connectivity index (χ3n) is 3.91. The lowest BCUT2D eigenvalue weighted by molar-refractivity contribution is 0.586. The molecule has 1 aliphatic rings. The summed E-state index contributed by atoms with van der Waals surface area (Å²) in [6.07, 6.45) is 5.02. The molecule has 3 aromatic rings. The highest BCUT2D eigenvalue weighted by atomic mass is 35.5. The lowest BCUT2D eigenvalue weighted by atomic mass is 10.1. The summed E-state index contributed by atoms with van der Waals surface area (Å²) in [5.41, 5.74) is 0.0954.